The molecule has 0 aliphatic carbocycles. The van der Waals surface area contributed by atoms with Gasteiger partial charge in [-0.15, -0.1) is 0 Å². The number of hydrogen-bond acceptors (Lipinski definition) is 4. The first kappa shape index (κ1) is 43.1. The van der Waals surface area contributed by atoms with Crippen LogP contribution in [0, 0.1) is 5.92 Å². The van der Waals surface area contributed by atoms with E-state index in [9.17, 15) is 0 Å². The van der Waals surface area contributed by atoms with Crippen molar-refractivity contribution in [3.05, 3.63) is 0 Å². The summed E-state index contributed by atoms with van der Waals surface area (Å²) in [5.41, 5.74) is 3.21. The molecule has 0 aromatic carbocycles. The van der Waals surface area contributed by atoms with Crippen LogP contribution in [0.4, 0.5) is 0 Å². The number of nitrogens with one attached hydrogen (secondary N) is 1. The molecule has 1 rings (SSSR count). The molecule has 5 heteroatoms. The van der Waals surface area contributed by atoms with Crippen LogP contribution in [0.2, 0.25) is 0 Å². The first-order valence-electron chi connectivity index (χ1n) is 21.0. The quantitative estimate of drug-likeness (QED) is 0.0546. The molecule has 45 heavy (non-hydrogen) atoms. The average Bonchev–Trinajstić information content (AvgIpc) is 3.03. The van der Waals surface area contributed by atoms with Gasteiger partial charge in [0, 0.05) is 19.8 Å². The van der Waals surface area contributed by atoms with Gasteiger partial charge < -0.3 is 8.85 Å². The van der Waals surface area contributed by atoms with Crippen molar-refractivity contribution in [2.75, 3.05) is 19.8 Å². The monoisotopic (exact) mass is 654 g/mol. The van der Waals surface area contributed by atoms with Crippen molar-refractivity contribution in [3.8, 4) is 0 Å². The van der Waals surface area contributed by atoms with E-state index in [1.54, 1.807) is 0 Å². The van der Waals surface area contributed by atoms with E-state index in [2.05, 4.69) is 19.3 Å². The Morgan fingerprint density at radius 1 is 0.489 bits per heavy atom. The van der Waals surface area contributed by atoms with E-state index in [0.29, 0.717) is 5.92 Å². The molecular weight excluding hydrogens is 571 g/mol. The van der Waals surface area contributed by atoms with Crippen LogP contribution in [0.3, 0.4) is 0 Å². The molecule has 0 aromatic rings. The Balaban J connectivity index is 1.78. The molecule has 1 fully saturated rings. The molecule has 270 valence electrons. The molecule has 1 N–H and O–H groups in total. The molecule has 0 radical (unpaired) electrons. The summed E-state index contributed by atoms with van der Waals surface area (Å²) < 4.78 is 17.8. The fourth-order valence-corrected chi connectivity index (χ4v) is 7.99. The molecular formula is C40H83NO3Si. The molecule has 4 nitrogen and oxygen atoms in total. The highest BCUT2D eigenvalue weighted by Gasteiger charge is 2.21. The molecule has 1 aliphatic rings. The third kappa shape index (κ3) is 32.4. The smallest absolute Gasteiger partial charge is 0.375 e. The maximum Gasteiger partial charge on any atom is 0.501 e. The second kappa shape index (κ2) is 36.9. The van der Waals surface area contributed by atoms with Crippen LogP contribution < -0.4 is 5.48 Å². The summed E-state index contributed by atoms with van der Waals surface area (Å²) >= 11 is 0. The zero-order chi connectivity index (χ0) is 32.1. The minimum absolute atomic E-state index is 0.673. The Morgan fingerprint density at radius 3 is 1.24 bits per heavy atom. The highest BCUT2D eigenvalue weighted by Crippen LogP contribution is 2.18. The Kier molecular flexibility index (Phi) is 35.3. The van der Waals surface area contributed by atoms with Gasteiger partial charge in [0.15, 0.2) is 0 Å². The van der Waals surface area contributed by atoms with E-state index in [1.807, 2.05) is 0 Å². The second-order valence-electron chi connectivity index (χ2n) is 14.5. The average molecular weight is 654 g/mol. The summed E-state index contributed by atoms with van der Waals surface area (Å²) in [7, 11) is -2.00. The Bertz CT molecular complexity index is 542. The van der Waals surface area contributed by atoms with Gasteiger partial charge in [0.05, 0.1) is 0 Å². The van der Waals surface area contributed by atoms with E-state index >= 15 is 0 Å². The first-order valence-corrected chi connectivity index (χ1v) is 22.4. The Hall–Kier alpha value is 0.0569. The van der Waals surface area contributed by atoms with Crippen LogP contribution in [0.15, 0.2) is 0 Å². The molecule has 0 bridgehead atoms. The van der Waals surface area contributed by atoms with Gasteiger partial charge in [0.25, 0.3) is 0 Å². The number of hydrogen-bond donors (Lipinski definition) is 1. The zero-order valence-corrected chi connectivity index (χ0v) is 32.2. The lowest BCUT2D eigenvalue weighted by Crippen LogP contribution is -2.39. The third-order valence-electron chi connectivity index (χ3n) is 10.0. The molecule has 0 spiro atoms. The third-order valence-corrected chi connectivity index (χ3v) is 11.4. The van der Waals surface area contributed by atoms with Crippen LogP contribution >= 0.6 is 0 Å². The Labute approximate surface area is 285 Å². The maximum absolute atomic E-state index is 6.01. The van der Waals surface area contributed by atoms with Crippen molar-refractivity contribution in [2.24, 2.45) is 5.92 Å². The molecule has 1 saturated heterocycles. The van der Waals surface area contributed by atoms with Crippen LogP contribution in [-0.2, 0) is 13.4 Å². The number of hydroxylamine groups is 1. The minimum Gasteiger partial charge on any atom is -0.375 e. The van der Waals surface area contributed by atoms with Gasteiger partial charge in [-0.3, -0.25) is 4.53 Å². The molecule has 2 atom stereocenters. The van der Waals surface area contributed by atoms with Gasteiger partial charge in [0.2, 0.25) is 0 Å². The van der Waals surface area contributed by atoms with E-state index in [1.165, 1.54) is 205 Å². The first-order chi connectivity index (χ1) is 22.4. The number of rotatable bonds is 35. The molecule has 0 saturated carbocycles. The summed E-state index contributed by atoms with van der Waals surface area (Å²) in [6.45, 7) is 7.15. The molecule has 1 aliphatic heterocycles. The predicted molar refractivity (Wildman–Crippen MR) is 200 cm³/mol. The highest BCUT2D eigenvalue weighted by atomic mass is 28.3. The SMILES string of the molecule is CCCCCCCCCCCCCCCCCCO[SiH]1OCCC(CCCCCCCCCCCCCCCCCC)CNO1. The van der Waals surface area contributed by atoms with Gasteiger partial charge >= 0.3 is 9.53 Å². The standard InChI is InChI=1S/C40H83NO3Si/c1-3-5-7-9-11-13-15-17-19-21-23-25-27-29-31-33-35-40-36-38-43-45(44-41-39-40)42-37-34-32-30-28-26-24-22-20-18-16-14-12-10-8-6-4-2/h40-41,45H,3-39H2,1-2H3. The normalized spacial score (nSPS) is 17.5. The van der Waals surface area contributed by atoms with E-state index in [0.717, 1.165) is 32.6 Å². The van der Waals surface area contributed by atoms with Gasteiger partial charge in [0.1, 0.15) is 0 Å². The van der Waals surface area contributed by atoms with Crippen molar-refractivity contribution < 1.29 is 13.4 Å². The largest absolute Gasteiger partial charge is 0.501 e. The van der Waals surface area contributed by atoms with E-state index in [4.69, 9.17) is 13.4 Å². The summed E-state index contributed by atoms with van der Waals surface area (Å²) in [4.78, 5) is 0. The molecule has 2 unspecified atom stereocenters. The maximum atomic E-state index is 6.01. The lowest BCUT2D eigenvalue weighted by molar-refractivity contribution is 0.0229. The fourth-order valence-electron chi connectivity index (χ4n) is 6.84. The zero-order valence-electron chi connectivity index (χ0n) is 31.0. The summed E-state index contributed by atoms with van der Waals surface area (Å²) in [6.07, 6.45) is 47.8. The molecule has 1 heterocycles. The lowest BCUT2D eigenvalue weighted by atomic mass is 9.97. The van der Waals surface area contributed by atoms with Crippen molar-refractivity contribution >= 4 is 9.53 Å². The topological polar surface area (TPSA) is 39.7 Å². The number of unbranched alkanes of at least 4 members (excludes halogenated alkanes) is 30. The lowest BCUT2D eigenvalue weighted by Gasteiger charge is -2.24. The van der Waals surface area contributed by atoms with Crippen molar-refractivity contribution in [1.82, 2.24) is 5.48 Å². The van der Waals surface area contributed by atoms with Crippen molar-refractivity contribution in [3.63, 3.8) is 0 Å². The van der Waals surface area contributed by atoms with E-state index in [-0.39, 0.29) is 0 Å². The van der Waals surface area contributed by atoms with Crippen LogP contribution in [0.25, 0.3) is 0 Å². The second-order valence-corrected chi connectivity index (χ2v) is 16.0. The fraction of sp³-hybridized carbons (Fsp3) is 1.00. The minimum atomic E-state index is -2.00. The van der Waals surface area contributed by atoms with Crippen LogP contribution in [0.1, 0.15) is 232 Å². The summed E-state index contributed by atoms with van der Waals surface area (Å²) in [6, 6.07) is 0. The Morgan fingerprint density at radius 2 is 0.844 bits per heavy atom. The van der Waals surface area contributed by atoms with Crippen LogP contribution in [-0.4, -0.2) is 29.3 Å². The van der Waals surface area contributed by atoms with Gasteiger partial charge in [-0.1, -0.05) is 213 Å². The van der Waals surface area contributed by atoms with Crippen molar-refractivity contribution in [2.45, 2.75) is 232 Å². The van der Waals surface area contributed by atoms with Gasteiger partial charge in [-0.05, 0) is 25.2 Å². The summed E-state index contributed by atoms with van der Waals surface area (Å²) in [5, 5.41) is 0. The predicted octanol–water partition coefficient (Wildman–Crippen LogP) is 13.2. The van der Waals surface area contributed by atoms with E-state index < -0.39 is 9.53 Å². The molecule has 0 amide bonds. The van der Waals surface area contributed by atoms with Gasteiger partial charge in [-0.2, -0.15) is 0 Å². The van der Waals surface area contributed by atoms with Crippen LogP contribution in [0.5, 0.6) is 0 Å². The molecule has 0 aromatic heterocycles. The summed E-state index contributed by atoms with van der Waals surface area (Å²) in [5.74, 6) is 0.673. The van der Waals surface area contributed by atoms with Crippen molar-refractivity contribution in [1.29, 1.82) is 0 Å². The van der Waals surface area contributed by atoms with Gasteiger partial charge in [-0.25, -0.2) is 5.48 Å². The highest BCUT2D eigenvalue weighted by molar-refractivity contribution is 6.36.